The zero-order chi connectivity index (χ0) is 16.7. The summed E-state index contributed by atoms with van der Waals surface area (Å²) in [5.74, 6) is 1.49. The first-order valence-electron chi connectivity index (χ1n) is 8.81. The lowest BCUT2D eigenvalue weighted by Gasteiger charge is -2.47. The summed E-state index contributed by atoms with van der Waals surface area (Å²) in [6, 6.07) is 1.73. The van der Waals surface area contributed by atoms with Crippen LogP contribution in [-0.4, -0.2) is 60.0 Å². The number of hydrogen-bond acceptors (Lipinski definition) is 4. The molecule has 130 valence electrons. The molecular formula is C18H24N2O4. The minimum absolute atomic E-state index is 0.0258. The van der Waals surface area contributed by atoms with Gasteiger partial charge in [-0.15, -0.1) is 0 Å². The van der Waals surface area contributed by atoms with Crippen molar-refractivity contribution in [2.75, 3.05) is 32.8 Å². The molecular weight excluding hydrogens is 308 g/mol. The van der Waals surface area contributed by atoms with E-state index in [9.17, 15) is 9.59 Å². The minimum atomic E-state index is -0.273. The predicted molar refractivity (Wildman–Crippen MR) is 86.6 cm³/mol. The molecule has 6 heteroatoms. The third-order valence-corrected chi connectivity index (χ3v) is 5.56. The van der Waals surface area contributed by atoms with Crippen LogP contribution in [0.25, 0.3) is 0 Å². The monoisotopic (exact) mass is 332 g/mol. The van der Waals surface area contributed by atoms with E-state index < -0.39 is 0 Å². The summed E-state index contributed by atoms with van der Waals surface area (Å²) < 4.78 is 11.2. The molecule has 24 heavy (non-hydrogen) atoms. The molecule has 0 unspecified atom stereocenters. The van der Waals surface area contributed by atoms with Crippen LogP contribution < -0.4 is 0 Å². The van der Waals surface area contributed by atoms with E-state index in [2.05, 4.69) is 0 Å². The fourth-order valence-electron chi connectivity index (χ4n) is 3.76. The zero-order valence-corrected chi connectivity index (χ0v) is 14.1. The van der Waals surface area contributed by atoms with Crippen LogP contribution >= 0.6 is 0 Å². The van der Waals surface area contributed by atoms with Crippen LogP contribution in [0.2, 0.25) is 0 Å². The van der Waals surface area contributed by atoms with Gasteiger partial charge in [-0.25, -0.2) is 0 Å². The number of piperidine rings is 1. The maximum Gasteiger partial charge on any atom is 0.257 e. The van der Waals surface area contributed by atoms with Crippen LogP contribution in [0.4, 0.5) is 0 Å². The van der Waals surface area contributed by atoms with Crippen molar-refractivity contribution in [3.05, 3.63) is 23.7 Å². The van der Waals surface area contributed by atoms with Crippen LogP contribution in [-0.2, 0) is 9.53 Å². The molecule has 1 saturated carbocycles. The van der Waals surface area contributed by atoms with Crippen molar-refractivity contribution >= 4 is 11.8 Å². The van der Waals surface area contributed by atoms with Crippen LogP contribution in [0.3, 0.4) is 0 Å². The number of carbonyl (C=O) groups is 2. The van der Waals surface area contributed by atoms with Crippen molar-refractivity contribution < 1.29 is 18.7 Å². The van der Waals surface area contributed by atoms with Crippen molar-refractivity contribution in [3.63, 3.8) is 0 Å². The molecule has 4 rings (SSSR count). The van der Waals surface area contributed by atoms with Gasteiger partial charge in [-0.3, -0.25) is 9.59 Å². The van der Waals surface area contributed by atoms with Gasteiger partial charge in [0.2, 0.25) is 5.91 Å². The normalized spacial score (nSPS) is 23.8. The number of morpholine rings is 1. The van der Waals surface area contributed by atoms with Gasteiger partial charge in [0, 0.05) is 26.2 Å². The molecule has 6 nitrogen and oxygen atoms in total. The molecule has 3 fully saturated rings. The van der Waals surface area contributed by atoms with E-state index in [-0.39, 0.29) is 24.0 Å². The molecule has 3 aliphatic rings. The maximum atomic E-state index is 12.6. The quantitative estimate of drug-likeness (QED) is 0.847. The van der Waals surface area contributed by atoms with E-state index in [0.29, 0.717) is 36.9 Å². The predicted octanol–water partition coefficient (Wildman–Crippen LogP) is 1.83. The summed E-state index contributed by atoms with van der Waals surface area (Å²) in [6.07, 6.45) is 5.60. The molecule has 0 radical (unpaired) electrons. The molecule has 0 bridgehead atoms. The fourth-order valence-corrected chi connectivity index (χ4v) is 3.76. The van der Waals surface area contributed by atoms with Crippen molar-refractivity contribution in [1.82, 2.24) is 9.80 Å². The Bertz CT molecular complexity index is 641. The maximum absolute atomic E-state index is 12.6. The lowest BCUT2D eigenvalue weighted by atomic mass is 9.89. The van der Waals surface area contributed by atoms with E-state index in [1.807, 2.05) is 16.7 Å². The number of hydrogen-bond donors (Lipinski definition) is 0. The van der Waals surface area contributed by atoms with Crippen molar-refractivity contribution in [2.24, 2.45) is 5.92 Å². The summed E-state index contributed by atoms with van der Waals surface area (Å²) in [5.41, 5.74) is 0.367. The average Bonchev–Trinajstić information content (AvgIpc) is 3.30. The van der Waals surface area contributed by atoms with Gasteiger partial charge in [0.15, 0.2) is 0 Å². The summed E-state index contributed by atoms with van der Waals surface area (Å²) >= 11 is 0. The number of amides is 2. The zero-order valence-electron chi connectivity index (χ0n) is 14.1. The van der Waals surface area contributed by atoms with Gasteiger partial charge in [-0.1, -0.05) is 0 Å². The van der Waals surface area contributed by atoms with E-state index in [4.69, 9.17) is 9.15 Å². The van der Waals surface area contributed by atoms with Gasteiger partial charge in [0.1, 0.15) is 12.4 Å². The second kappa shape index (κ2) is 5.92. The van der Waals surface area contributed by atoms with Gasteiger partial charge >= 0.3 is 0 Å². The Kier molecular flexibility index (Phi) is 3.87. The highest BCUT2D eigenvalue weighted by atomic mass is 16.5. The molecule has 1 aliphatic carbocycles. The lowest BCUT2D eigenvalue weighted by Crippen LogP contribution is -2.59. The largest absolute Gasteiger partial charge is 0.469 e. The lowest BCUT2D eigenvalue weighted by molar-refractivity contribution is -0.170. The SMILES string of the molecule is Cc1occc1C(=O)N1CCC2(CC1)CN(CC1CC1)C(=O)CO2. The Morgan fingerprint density at radius 3 is 2.71 bits per heavy atom. The average molecular weight is 332 g/mol. The van der Waals surface area contributed by atoms with Crippen molar-refractivity contribution in [1.29, 1.82) is 0 Å². The first-order valence-corrected chi connectivity index (χ1v) is 8.81. The van der Waals surface area contributed by atoms with Gasteiger partial charge < -0.3 is 19.0 Å². The number of rotatable bonds is 3. The summed E-state index contributed by atoms with van der Waals surface area (Å²) in [5, 5.41) is 0. The Balaban J connectivity index is 1.39. The number of nitrogens with zero attached hydrogens (tertiary/aromatic N) is 2. The van der Waals surface area contributed by atoms with Crippen LogP contribution in [0, 0.1) is 12.8 Å². The Morgan fingerprint density at radius 1 is 1.33 bits per heavy atom. The molecule has 3 heterocycles. The summed E-state index contributed by atoms with van der Waals surface area (Å²) in [7, 11) is 0. The molecule has 0 atom stereocenters. The second-order valence-electron chi connectivity index (χ2n) is 7.37. The number of aryl methyl sites for hydroxylation is 1. The first kappa shape index (κ1) is 15.7. The van der Waals surface area contributed by atoms with E-state index in [0.717, 1.165) is 19.4 Å². The van der Waals surface area contributed by atoms with Gasteiger partial charge in [-0.2, -0.15) is 0 Å². The highest BCUT2D eigenvalue weighted by Crippen LogP contribution is 2.35. The van der Waals surface area contributed by atoms with Crippen LogP contribution in [0.15, 0.2) is 16.7 Å². The van der Waals surface area contributed by atoms with Gasteiger partial charge in [0.25, 0.3) is 5.91 Å². The Morgan fingerprint density at radius 2 is 2.08 bits per heavy atom. The summed E-state index contributed by atoms with van der Waals surface area (Å²) in [6.45, 7) is 4.87. The number of furan rings is 1. The topological polar surface area (TPSA) is 63.0 Å². The molecule has 1 aromatic rings. The van der Waals surface area contributed by atoms with Gasteiger partial charge in [-0.05, 0) is 44.6 Å². The molecule has 1 aromatic heterocycles. The fraction of sp³-hybridized carbons (Fsp3) is 0.667. The molecule has 2 amide bonds. The van der Waals surface area contributed by atoms with E-state index >= 15 is 0 Å². The highest BCUT2D eigenvalue weighted by molar-refractivity contribution is 5.95. The Hall–Kier alpha value is -1.82. The van der Waals surface area contributed by atoms with Crippen LogP contribution in [0.1, 0.15) is 41.8 Å². The van der Waals surface area contributed by atoms with Gasteiger partial charge in [0.05, 0.1) is 17.4 Å². The smallest absolute Gasteiger partial charge is 0.257 e. The minimum Gasteiger partial charge on any atom is -0.469 e. The van der Waals surface area contributed by atoms with E-state index in [1.165, 1.54) is 12.8 Å². The number of carbonyl (C=O) groups excluding carboxylic acids is 2. The third-order valence-electron chi connectivity index (χ3n) is 5.56. The molecule has 0 aromatic carbocycles. The van der Waals surface area contributed by atoms with Crippen molar-refractivity contribution in [3.8, 4) is 0 Å². The first-order chi connectivity index (χ1) is 11.6. The number of likely N-dealkylation sites (tertiary alicyclic amines) is 1. The summed E-state index contributed by atoms with van der Waals surface area (Å²) in [4.78, 5) is 28.5. The third kappa shape index (κ3) is 2.95. The molecule has 2 saturated heterocycles. The standard InChI is InChI=1S/C18H24N2O4/c1-13-15(4-9-23-13)17(22)19-7-5-18(6-8-19)12-20(10-14-2-3-14)16(21)11-24-18/h4,9,14H,2-3,5-8,10-12H2,1H3. The molecule has 0 N–H and O–H groups in total. The van der Waals surface area contributed by atoms with Crippen molar-refractivity contribution in [2.45, 2.75) is 38.2 Å². The second-order valence-corrected chi connectivity index (χ2v) is 7.37. The molecule has 1 spiro atoms. The Labute approximate surface area is 141 Å². The molecule has 2 aliphatic heterocycles. The van der Waals surface area contributed by atoms with Crippen LogP contribution in [0.5, 0.6) is 0 Å². The number of ether oxygens (including phenoxy) is 1. The highest BCUT2D eigenvalue weighted by Gasteiger charge is 2.44. The van der Waals surface area contributed by atoms with E-state index in [1.54, 1.807) is 12.3 Å².